The Bertz CT molecular complexity index is 581. The summed E-state index contributed by atoms with van der Waals surface area (Å²) in [7, 11) is 0. The van der Waals surface area contributed by atoms with Gasteiger partial charge < -0.3 is 9.64 Å². The van der Waals surface area contributed by atoms with E-state index in [0.29, 0.717) is 18.7 Å². The molecule has 1 atom stereocenters. The molecular weight excluding hydrogens is 323 g/mol. The van der Waals surface area contributed by atoms with Crippen LogP contribution in [0.4, 0.5) is 18.0 Å². The summed E-state index contributed by atoms with van der Waals surface area (Å²) in [6, 6.07) is 7.15. The molecule has 1 saturated heterocycles. The number of benzene rings is 1. The number of ether oxygens (including phenoxy) is 2. The first-order valence-corrected chi connectivity index (χ1v) is 7.86. The van der Waals surface area contributed by atoms with Crippen molar-refractivity contribution in [1.82, 2.24) is 4.90 Å². The van der Waals surface area contributed by atoms with Crippen molar-refractivity contribution in [2.75, 3.05) is 13.1 Å². The van der Waals surface area contributed by atoms with Gasteiger partial charge in [0.25, 0.3) is 0 Å². The second-order valence-electron chi connectivity index (χ2n) is 6.92. The molecule has 1 unspecified atom stereocenters. The van der Waals surface area contributed by atoms with Crippen LogP contribution in [0, 0.1) is 0 Å². The highest BCUT2D eigenvalue weighted by atomic mass is 19.4. The van der Waals surface area contributed by atoms with Crippen molar-refractivity contribution < 1.29 is 27.4 Å². The van der Waals surface area contributed by atoms with E-state index in [0.717, 1.165) is 5.56 Å². The number of carbonyl (C=O) groups excluding carboxylic acids is 1. The van der Waals surface area contributed by atoms with Gasteiger partial charge in [-0.2, -0.15) is 0 Å². The van der Waals surface area contributed by atoms with Gasteiger partial charge in [-0.25, -0.2) is 4.79 Å². The smallest absolute Gasteiger partial charge is 0.410 e. The van der Waals surface area contributed by atoms with E-state index in [1.807, 2.05) is 26.8 Å². The van der Waals surface area contributed by atoms with Crippen LogP contribution in [0.3, 0.4) is 0 Å². The molecular formula is C17H22F3NO3. The molecule has 0 aromatic heterocycles. The molecule has 1 amide bonds. The van der Waals surface area contributed by atoms with Crippen molar-refractivity contribution in [2.24, 2.45) is 0 Å². The van der Waals surface area contributed by atoms with Crippen molar-refractivity contribution in [3.8, 4) is 5.75 Å². The lowest BCUT2D eigenvalue weighted by Gasteiger charge is -2.32. The summed E-state index contributed by atoms with van der Waals surface area (Å²) in [5, 5.41) is 0. The van der Waals surface area contributed by atoms with Crippen LogP contribution in [0.15, 0.2) is 24.3 Å². The van der Waals surface area contributed by atoms with Crippen LogP contribution in [0.1, 0.15) is 39.2 Å². The van der Waals surface area contributed by atoms with E-state index < -0.39 is 18.6 Å². The van der Waals surface area contributed by atoms with Gasteiger partial charge in [0, 0.05) is 6.54 Å². The fourth-order valence-corrected chi connectivity index (χ4v) is 2.58. The summed E-state index contributed by atoms with van der Waals surface area (Å²) >= 11 is 0. The highest BCUT2D eigenvalue weighted by molar-refractivity contribution is 5.71. The molecule has 1 heterocycles. The Morgan fingerprint density at radius 3 is 2.58 bits per heavy atom. The number of nitrogens with zero attached hydrogens (tertiary/aromatic N) is 1. The Morgan fingerprint density at radius 2 is 1.96 bits per heavy atom. The molecule has 1 aliphatic heterocycles. The molecule has 134 valence electrons. The van der Waals surface area contributed by atoms with Crippen molar-refractivity contribution in [3.63, 3.8) is 0 Å². The van der Waals surface area contributed by atoms with Gasteiger partial charge in [0.15, 0.2) is 0 Å². The number of likely N-dealkylation sites (tertiary alicyclic amines) is 1. The average Bonchev–Trinajstić information content (AvgIpc) is 2.45. The van der Waals surface area contributed by atoms with Gasteiger partial charge in [-0.15, -0.1) is 13.2 Å². The van der Waals surface area contributed by atoms with Crippen molar-refractivity contribution in [1.29, 1.82) is 0 Å². The molecule has 4 nitrogen and oxygen atoms in total. The maximum Gasteiger partial charge on any atom is 0.522 e. The molecule has 1 fully saturated rings. The van der Waals surface area contributed by atoms with E-state index in [-0.39, 0.29) is 18.4 Å². The van der Waals surface area contributed by atoms with Crippen LogP contribution >= 0.6 is 0 Å². The normalized spacial score (nSPS) is 19.2. The van der Waals surface area contributed by atoms with Crippen LogP contribution < -0.4 is 4.74 Å². The minimum absolute atomic E-state index is 0.0980. The number of carbonyl (C=O) groups is 1. The topological polar surface area (TPSA) is 38.8 Å². The van der Waals surface area contributed by atoms with Crippen molar-refractivity contribution >= 4 is 6.09 Å². The summed E-state index contributed by atoms with van der Waals surface area (Å²) < 4.78 is 46.3. The Morgan fingerprint density at radius 1 is 1.25 bits per heavy atom. The maximum absolute atomic E-state index is 12.3. The van der Waals surface area contributed by atoms with E-state index >= 15 is 0 Å². The van der Waals surface area contributed by atoms with Crippen LogP contribution in [0.2, 0.25) is 0 Å². The van der Waals surface area contributed by atoms with Gasteiger partial charge in [0.1, 0.15) is 5.75 Å². The zero-order valence-electron chi connectivity index (χ0n) is 14.0. The quantitative estimate of drug-likeness (QED) is 0.793. The first kappa shape index (κ1) is 18.6. The molecule has 0 saturated carbocycles. The number of amides is 1. The number of halogens is 3. The minimum atomic E-state index is -4.70. The molecule has 2 rings (SSSR count). The van der Waals surface area contributed by atoms with Crippen LogP contribution in [0.5, 0.6) is 5.75 Å². The number of alkyl halides is 3. The molecule has 1 aromatic rings. The number of hydrogen-bond donors (Lipinski definition) is 0. The van der Waals surface area contributed by atoms with E-state index in [9.17, 15) is 18.0 Å². The molecule has 24 heavy (non-hydrogen) atoms. The summed E-state index contributed by atoms with van der Waals surface area (Å²) in [6.07, 6.45) is -5.69. The summed E-state index contributed by atoms with van der Waals surface area (Å²) in [5.74, 6) is 0.381. The van der Waals surface area contributed by atoms with E-state index in [4.69, 9.17) is 4.74 Å². The molecule has 7 heteroatoms. The lowest BCUT2D eigenvalue weighted by Crippen LogP contribution is -2.45. The number of piperidine rings is 1. The standard InChI is InChI=1S/C17H22F3NO3/c1-16(2,3)12-6-4-7-13(10-12)23-15(22)21-9-5-8-14(11-21)24-17(18,19)20/h4,6-7,10,14H,5,8-9,11H2,1-3H3. The third-order valence-electron chi connectivity index (χ3n) is 3.84. The van der Waals surface area contributed by atoms with Gasteiger partial charge in [-0.1, -0.05) is 32.9 Å². The Balaban J connectivity index is 1.99. The predicted molar refractivity (Wildman–Crippen MR) is 82.9 cm³/mol. The second kappa shape index (κ2) is 7.01. The van der Waals surface area contributed by atoms with Gasteiger partial charge in [0.05, 0.1) is 12.6 Å². The monoisotopic (exact) mass is 345 g/mol. The highest BCUT2D eigenvalue weighted by Crippen LogP contribution is 2.27. The molecule has 0 radical (unpaired) electrons. The van der Waals surface area contributed by atoms with E-state index in [1.165, 1.54) is 4.90 Å². The first-order chi connectivity index (χ1) is 11.0. The first-order valence-electron chi connectivity index (χ1n) is 7.86. The van der Waals surface area contributed by atoms with Gasteiger partial charge in [-0.3, -0.25) is 4.74 Å². The predicted octanol–water partition coefficient (Wildman–Crippen LogP) is 4.48. The number of hydrogen-bond acceptors (Lipinski definition) is 3. The largest absolute Gasteiger partial charge is 0.522 e. The van der Waals surface area contributed by atoms with Crippen LogP contribution in [0.25, 0.3) is 0 Å². The maximum atomic E-state index is 12.3. The lowest BCUT2D eigenvalue weighted by atomic mass is 9.87. The van der Waals surface area contributed by atoms with E-state index in [2.05, 4.69) is 4.74 Å². The summed E-state index contributed by atoms with van der Waals surface area (Å²) in [6.45, 7) is 6.35. The van der Waals surface area contributed by atoms with E-state index in [1.54, 1.807) is 18.2 Å². The van der Waals surface area contributed by atoms with Gasteiger partial charge in [-0.05, 0) is 36.0 Å². The molecule has 1 aromatic carbocycles. The van der Waals surface area contributed by atoms with Crippen LogP contribution in [-0.4, -0.2) is 36.5 Å². The van der Waals surface area contributed by atoms with Gasteiger partial charge in [0.2, 0.25) is 0 Å². The fourth-order valence-electron chi connectivity index (χ4n) is 2.58. The Hall–Kier alpha value is -1.76. The van der Waals surface area contributed by atoms with Crippen molar-refractivity contribution in [2.45, 2.75) is 51.5 Å². The Kier molecular flexibility index (Phi) is 5.42. The summed E-state index contributed by atoms with van der Waals surface area (Å²) in [4.78, 5) is 13.5. The van der Waals surface area contributed by atoms with Gasteiger partial charge >= 0.3 is 12.5 Å². The third-order valence-corrected chi connectivity index (χ3v) is 3.84. The summed E-state index contributed by atoms with van der Waals surface area (Å²) in [5.41, 5.74) is 0.906. The second-order valence-corrected chi connectivity index (χ2v) is 6.92. The molecule has 0 N–H and O–H groups in total. The molecule has 0 bridgehead atoms. The third kappa shape index (κ3) is 5.40. The number of rotatable bonds is 2. The molecule has 0 spiro atoms. The SMILES string of the molecule is CC(C)(C)c1cccc(OC(=O)N2CCCC(OC(F)(F)F)C2)c1. The zero-order valence-corrected chi connectivity index (χ0v) is 14.0. The highest BCUT2D eigenvalue weighted by Gasteiger charge is 2.36. The lowest BCUT2D eigenvalue weighted by molar-refractivity contribution is -0.345. The minimum Gasteiger partial charge on any atom is -0.410 e. The average molecular weight is 345 g/mol. The molecule has 0 aliphatic carbocycles. The Labute approximate surface area is 139 Å². The van der Waals surface area contributed by atoms with Crippen LogP contribution in [-0.2, 0) is 10.2 Å². The van der Waals surface area contributed by atoms with Crippen molar-refractivity contribution in [3.05, 3.63) is 29.8 Å². The zero-order chi connectivity index (χ0) is 18.0. The molecule has 1 aliphatic rings. The fraction of sp³-hybridized carbons (Fsp3) is 0.588.